The predicted molar refractivity (Wildman–Crippen MR) is 124 cm³/mol. The molecule has 3 N–H and O–H groups in total. The highest BCUT2D eigenvalue weighted by atomic mass is 16.3. The highest BCUT2D eigenvalue weighted by Crippen LogP contribution is 2.57. The van der Waals surface area contributed by atoms with Crippen LogP contribution in [0.1, 0.15) is 86.0 Å². The van der Waals surface area contributed by atoms with Crippen LogP contribution in [-0.2, 0) is 0 Å². The summed E-state index contributed by atoms with van der Waals surface area (Å²) >= 11 is 0. The molecule has 0 unspecified atom stereocenters. The molecule has 3 aliphatic carbocycles. The Morgan fingerprint density at radius 1 is 1.03 bits per heavy atom. The molecule has 0 aromatic rings. The fourth-order valence-corrected chi connectivity index (χ4v) is 6.24. The molecule has 30 heavy (non-hydrogen) atoms. The molecule has 3 heteroatoms. The lowest BCUT2D eigenvalue weighted by atomic mass is 9.65. The predicted octanol–water partition coefficient (Wildman–Crippen LogP) is 5.56. The zero-order chi connectivity index (χ0) is 22.1. The molecule has 0 spiro atoms. The maximum Gasteiger partial charge on any atom is 0.0651 e. The standard InChI is InChI=1S/C27H44O3/c1-18(8-9-19(2)26(3,4)30)24-12-13-25-21(7-6-14-27(24,25)5)11-10-20-15-22(28)17-23(29)16-20/h8-11,18-20,22-24,28-30H,6-7,12-17H2,1-5H3/b9-8+,11-10+/t18-,19+,22-,23-,24-,27-/m1/s1. The average molecular weight is 417 g/mol. The summed E-state index contributed by atoms with van der Waals surface area (Å²) in [6.45, 7) is 10.7. The van der Waals surface area contributed by atoms with Crippen LogP contribution < -0.4 is 0 Å². The summed E-state index contributed by atoms with van der Waals surface area (Å²) in [7, 11) is 0. The molecule has 170 valence electrons. The Morgan fingerprint density at radius 3 is 2.33 bits per heavy atom. The van der Waals surface area contributed by atoms with E-state index in [1.807, 2.05) is 13.8 Å². The van der Waals surface area contributed by atoms with Gasteiger partial charge in [0.2, 0.25) is 0 Å². The first-order chi connectivity index (χ1) is 14.0. The van der Waals surface area contributed by atoms with E-state index in [9.17, 15) is 15.3 Å². The van der Waals surface area contributed by atoms with E-state index in [1.54, 1.807) is 5.57 Å². The maximum absolute atomic E-state index is 10.2. The molecule has 0 bridgehead atoms. The zero-order valence-corrected chi connectivity index (χ0v) is 19.8. The Balaban J connectivity index is 1.74. The first kappa shape index (κ1) is 23.8. The average Bonchev–Trinajstić information content (AvgIpc) is 3.00. The first-order valence-electron chi connectivity index (χ1n) is 12.2. The molecule has 6 atom stereocenters. The molecular formula is C27H44O3. The quantitative estimate of drug-likeness (QED) is 0.497. The van der Waals surface area contributed by atoms with E-state index >= 15 is 0 Å². The molecule has 3 rings (SSSR count). The molecule has 2 saturated carbocycles. The third-order valence-electron chi connectivity index (χ3n) is 8.46. The molecule has 0 saturated heterocycles. The van der Waals surface area contributed by atoms with Crippen molar-refractivity contribution in [2.45, 2.75) is 104 Å². The lowest BCUT2D eigenvalue weighted by Gasteiger charge is -2.40. The van der Waals surface area contributed by atoms with Gasteiger partial charge in [-0.1, -0.05) is 50.6 Å². The summed E-state index contributed by atoms with van der Waals surface area (Å²) < 4.78 is 0. The number of aliphatic hydroxyl groups is 3. The van der Waals surface area contributed by atoms with Crippen molar-refractivity contribution in [2.24, 2.45) is 29.1 Å². The van der Waals surface area contributed by atoms with Gasteiger partial charge in [-0.2, -0.15) is 0 Å². The van der Waals surface area contributed by atoms with E-state index < -0.39 is 5.60 Å². The minimum atomic E-state index is -0.677. The van der Waals surface area contributed by atoms with E-state index in [0.717, 1.165) is 19.3 Å². The van der Waals surface area contributed by atoms with Crippen molar-refractivity contribution in [1.82, 2.24) is 0 Å². The topological polar surface area (TPSA) is 60.7 Å². The van der Waals surface area contributed by atoms with Crippen molar-refractivity contribution in [3.8, 4) is 0 Å². The highest BCUT2D eigenvalue weighted by molar-refractivity contribution is 5.36. The maximum atomic E-state index is 10.2. The van der Waals surface area contributed by atoms with Crippen molar-refractivity contribution in [2.75, 3.05) is 0 Å². The van der Waals surface area contributed by atoms with Gasteiger partial charge in [-0.05, 0) is 94.0 Å². The molecule has 0 heterocycles. The van der Waals surface area contributed by atoms with Gasteiger partial charge in [0.1, 0.15) is 0 Å². The van der Waals surface area contributed by atoms with E-state index in [1.165, 1.54) is 31.3 Å². The number of hydrogen-bond donors (Lipinski definition) is 3. The van der Waals surface area contributed by atoms with Crippen LogP contribution in [0.2, 0.25) is 0 Å². The summed E-state index contributed by atoms with van der Waals surface area (Å²) in [5, 5.41) is 30.2. The second-order valence-electron chi connectivity index (χ2n) is 11.2. The molecule has 3 aliphatic rings. The lowest BCUT2D eigenvalue weighted by molar-refractivity contribution is 0.0244. The van der Waals surface area contributed by atoms with Crippen LogP contribution in [0.5, 0.6) is 0 Å². The smallest absolute Gasteiger partial charge is 0.0651 e. The van der Waals surface area contributed by atoms with Gasteiger partial charge in [-0.25, -0.2) is 0 Å². The fraction of sp³-hybridized carbons (Fsp3) is 0.778. The number of hydrogen-bond acceptors (Lipinski definition) is 3. The van der Waals surface area contributed by atoms with Gasteiger partial charge in [-0.15, -0.1) is 0 Å². The number of rotatable bonds is 6. The third kappa shape index (κ3) is 5.29. The number of fused-ring (bicyclic) bond motifs is 1. The second-order valence-corrected chi connectivity index (χ2v) is 11.2. The summed E-state index contributed by atoms with van der Waals surface area (Å²) in [5.41, 5.74) is 2.76. The summed E-state index contributed by atoms with van der Waals surface area (Å²) in [6.07, 6.45) is 16.6. The largest absolute Gasteiger partial charge is 0.393 e. The first-order valence-corrected chi connectivity index (χ1v) is 12.2. The normalized spacial score (nSPS) is 37.7. The molecule has 0 radical (unpaired) electrons. The van der Waals surface area contributed by atoms with Gasteiger partial charge in [0.25, 0.3) is 0 Å². The Labute approximate surface area is 184 Å². The summed E-state index contributed by atoms with van der Waals surface area (Å²) in [4.78, 5) is 0. The summed E-state index contributed by atoms with van der Waals surface area (Å²) in [5.74, 6) is 1.59. The highest BCUT2D eigenvalue weighted by Gasteiger charge is 2.46. The number of allylic oxidation sites excluding steroid dienone is 5. The minimum Gasteiger partial charge on any atom is -0.393 e. The van der Waals surface area contributed by atoms with E-state index in [-0.39, 0.29) is 29.5 Å². The molecule has 0 aromatic carbocycles. The van der Waals surface area contributed by atoms with Crippen LogP contribution in [0.25, 0.3) is 0 Å². The Hall–Kier alpha value is -0.900. The van der Waals surface area contributed by atoms with Crippen LogP contribution in [0.4, 0.5) is 0 Å². The van der Waals surface area contributed by atoms with E-state index in [4.69, 9.17) is 0 Å². The van der Waals surface area contributed by atoms with Gasteiger partial charge in [0.05, 0.1) is 17.8 Å². The van der Waals surface area contributed by atoms with Crippen LogP contribution in [0, 0.1) is 29.1 Å². The molecule has 0 aromatic heterocycles. The molecule has 0 aliphatic heterocycles. The zero-order valence-electron chi connectivity index (χ0n) is 19.8. The van der Waals surface area contributed by atoms with Gasteiger partial charge >= 0.3 is 0 Å². The Morgan fingerprint density at radius 2 is 1.70 bits per heavy atom. The Bertz CT molecular complexity index is 673. The van der Waals surface area contributed by atoms with E-state index in [0.29, 0.717) is 18.3 Å². The van der Waals surface area contributed by atoms with Gasteiger partial charge < -0.3 is 15.3 Å². The van der Waals surface area contributed by atoms with Crippen LogP contribution in [0.3, 0.4) is 0 Å². The van der Waals surface area contributed by atoms with Gasteiger partial charge in [-0.3, -0.25) is 0 Å². The molecule has 0 amide bonds. The van der Waals surface area contributed by atoms with Crippen LogP contribution in [-0.4, -0.2) is 33.1 Å². The Kier molecular flexibility index (Phi) is 7.37. The van der Waals surface area contributed by atoms with Crippen LogP contribution >= 0.6 is 0 Å². The van der Waals surface area contributed by atoms with Crippen molar-refractivity contribution in [1.29, 1.82) is 0 Å². The van der Waals surface area contributed by atoms with Gasteiger partial charge in [0, 0.05) is 5.92 Å². The van der Waals surface area contributed by atoms with Gasteiger partial charge in [0.15, 0.2) is 0 Å². The third-order valence-corrected chi connectivity index (χ3v) is 8.46. The molecule has 2 fully saturated rings. The van der Waals surface area contributed by atoms with Crippen molar-refractivity contribution < 1.29 is 15.3 Å². The van der Waals surface area contributed by atoms with Crippen LogP contribution in [0.15, 0.2) is 35.5 Å². The van der Waals surface area contributed by atoms with Crippen molar-refractivity contribution in [3.63, 3.8) is 0 Å². The second kappa shape index (κ2) is 9.30. The van der Waals surface area contributed by atoms with Crippen molar-refractivity contribution in [3.05, 3.63) is 35.5 Å². The SMILES string of the molecule is C[C@H](/C=C/[C@H](C)C(C)(C)O)[C@H]1CCC2=C(/C=C/C3C[C@@H](O)C[C@H](O)C3)CCC[C@@]21C. The minimum absolute atomic E-state index is 0.148. The monoisotopic (exact) mass is 416 g/mol. The van der Waals surface area contributed by atoms with Crippen molar-refractivity contribution >= 4 is 0 Å². The fourth-order valence-electron chi connectivity index (χ4n) is 6.24. The summed E-state index contributed by atoms with van der Waals surface area (Å²) in [6, 6.07) is 0. The molecule has 3 nitrogen and oxygen atoms in total. The van der Waals surface area contributed by atoms with E-state index in [2.05, 4.69) is 45.1 Å². The molecular weight excluding hydrogens is 372 g/mol. The number of aliphatic hydroxyl groups excluding tert-OH is 2. The lowest BCUT2D eigenvalue weighted by Crippen LogP contribution is -2.31.